The smallest absolute Gasteiger partial charge is 0.00907 e. The monoisotopic (exact) mass is 272 g/mol. The number of hydrogen-bond donors (Lipinski definition) is 0. The normalized spacial score (nSPS) is 13.2. The van der Waals surface area contributed by atoms with Crippen LogP contribution in [0.1, 0.15) is 52.1 Å². The van der Waals surface area contributed by atoms with E-state index in [-0.39, 0.29) is 10.8 Å². The van der Waals surface area contributed by atoms with Gasteiger partial charge in [0, 0.05) is 0 Å². The average molecular weight is 272 g/mol. The van der Waals surface area contributed by atoms with Gasteiger partial charge in [0.25, 0.3) is 0 Å². The van der Waals surface area contributed by atoms with Gasteiger partial charge < -0.3 is 0 Å². The highest BCUT2D eigenvalue weighted by molar-refractivity contribution is 7.32. The molecule has 0 saturated heterocycles. The van der Waals surface area contributed by atoms with Gasteiger partial charge >= 0.3 is 0 Å². The van der Waals surface area contributed by atoms with E-state index in [1.165, 1.54) is 11.1 Å². The van der Waals surface area contributed by atoms with Crippen molar-refractivity contribution in [1.82, 2.24) is 0 Å². The van der Waals surface area contributed by atoms with Crippen LogP contribution in [0.5, 0.6) is 0 Å². The molecule has 0 aliphatic carbocycles. The van der Waals surface area contributed by atoms with E-state index < -0.39 is 0 Å². The van der Waals surface area contributed by atoms with Gasteiger partial charge in [0.15, 0.2) is 0 Å². The Morgan fingerprint density at radius 3 is 1.84 bits per heavy atom. The van der Waals surface area contributed by atoms with Gasteiger partial charge in [-0.1, -0.05) is 71.9 Å². The SMILES string of the molecule is CC(C)(C)c1cc(-c2ccccc2)c(C(C)(C)C)[pH]1. The van der Waals surface area contributed by atoms with Gasteiger partial charge in [-0.25, -0.2) is 0 Å². The highest BCUT2D eigenvalue weighted by Gasteiger charge is 2.25. The van der Waals surface area contributed by atoms with Crippen LogP contribution < -0.4 is 0 Å². The third kappa shape index (κ3) is 3.12. The zero-order valence-electron chi connectivity index (χ0n) is 13.0. The van der Waals surface area contributed by atoms with E-state index in [0.717, 1.165) is 8.19 Å². The highest BCUT2D eigenvalue weighted by Crippen LogP contribution is 2.46. The summed E-state index contributed by atoms with van der Waals surface area (Å²) >= 11 is 0. The predicted octanol–water partition coefficient (Wildman–Crippen LogP) is 5.98. The van der Waals surface area contributed by atoms with Crippen LogP contribution in [-0.2, 0) is 10.8 Å². The molecule has 0 saturated carbocycles. The Morgan fingerprint density at radius 2 is 1.37 bits per heavy atom. The Bertz CT molecular complexity index is 548. The minimum atomic E-state index is 0.243. The second-order valence-corrected chi connectivity index (χ2v) is 8.63. The van der Waals surface area contributed by atoms with Crippen LogP contribution in [-0.4, -0.2) is 0 Å². The van der Waals surface area contributed by atoms with E-state index in [1.807, 2.05) is 0 Å². The number of rotatable bonds is 1. The lowest BCUT2D eigenvalue weighted by Crippen LogP contribution is -2.09. The number of benzene rings is 1. The summed E-state index contributed by atoms with van der Waals surface area (Å²) in [4.78, 5) is 0. The molecule has 0 nitrogen and oxygen atoms in total. The molecule has 1 aromatic carbocycles. The van der Waals surface area contributed by atoms with Crippen LogP contribution >= 0.6 is 8.19 Å². The highest BCUT2D eigenvalue weighted by atomic mass is 31.0. The molecule has 2 rings (SSSR count). The summed E-state index contributed by atoms with van der Waals surface area (Å²) in [6.45, 7) is 14.0. The van der Waals surface area contributed by atoms with Crippen LogP contribution in [0.15, 0.2) is 36.4 Å². The molecule has 0 spiro atoms. The molecule has 0 bridgehead atoms. The molecule has 0 radical (unpaired) electrons. The van der Waals surface area contributed by atoms with Crippen LogP contribution in [0.3, 0.4) is 0 Å². The standard InChI is InChI=1S/C18H25P/c1-17(2,3)15-12-14(13-10-8-7-9-11-13)16(19-15)18(4,5)6/h7-12,19H,1-6H3. The van der Waals surface area contributed by atoms with Gasteiger partial charge in [0.2, 0.25) is 0 Å². The molecule has 0 amide bonds. The van der Waals surface area contributed by atoms with Crippen molar-refractivity contribution < 1.29 is 0 Å². The third-order valence-electron chi connectivity index (χ3n) is 3.46. The minimum absolute atomic E-state index is 0.243. The van der Waals surface area contributed by atoms with Gasteiger partial charge in [0.05, 0.1) is 0 Å². The molecule has 1 atom stereocenters. The molecule has 2 aromatic rings. The molecular formula is C18H25P. The van der Waals surface area contributed by atoms with Crippen molar-refractivity contribution in [1.29, 1.82) is 0 Å². The maximum Gasteiger partial charge on any atom is -0.00907 e. The van der Waals surface area contributed by atoms with Gasteiger partial charge in [-0.2, -0.15) is 0 Å². The molecule has 102 valence electrons. The van der Waals surface area contributed by atoms with Crippen molar-refractivity contribution in [2.45, 2.75) is 52.4 Å². The molecule has 0 aliphatic rings. The summed E-state index contributed by atoms with van der Waals surface area (Å²) in [5, 5.41) is 3.18. The summed E-state index contributed by atoms with van der Waals surface area (Å²) in [6.07, 6.45) is 0. The molecular weight excluding hydrogens is 247 g/mol. The first-order valence-corrected chi connectivity index (χ1v) is 7.99. The lowest BCUT2D eigenvalue weighted by molar-refractivity contribution is 0.603. The average Bonchev–Trinajstić information content (AvgIpc) is 2.74. The summed E-state index contributed by atoms with van der Waals surface area (Å²) in [6, 6.07) is 13.3. The van der Waals surface area contributed by atoms with E-state index in [1.54, 1.807) is 10.6 Å². The Kier molecular flexibility index (Phi) is 3.67. The van der Waals surface area contributed by atoms with Crippen LogP contribution in [0, 0.1) is 0 Å². The van der Waals surface area contributed by atoms with E-state index in [0.29, 0.717) is 0 Å². The summed E-state index contributed by atoms with van der Waals surface area (Å²) in [5.74, 6) is 0. The third-order valence-corrected chi connectivity index (χ3v) is 5.89. The molecule has 1 heteroatoms. The van der Waals surface area contributed by atoms with Crippen LogP contribution in [0.4, 0.5) is 0 Å². The number of hydrogen-bond acceptors (Lipinski definition) is 0. The molecule has 0 fully saturated rings. The zero-order chi connectivity index (χ0) is 14.3. The Labute approximate surface area is 119 Å². The molecule has 0 aliphatic heterocycles. The van der Waals surface area contributed by atoms with Gasteiger partial charge in [-0.05, 0) is 38.6 Å². The fraction of sp³-hybridized carbons (Fsp3) is 0.444. The van der Waals surface area contributed by atoms with Crippen molar-refractivity contribution >= 4 is 8.19 Å². The summed E-state index contributed by atoms with van der Waals surface area (Å²) in [7, 11) is 0.840. The van der Waals surface area contributed by atoms with Crippen molar-refractivity contribution in [2.24, 2.45) is 0 Å². The largest absolute Gasteiger partial charge is 0.131 e. The molecule has 19 heavy (non-hydrogen) atoms. The van der Waals surface area contributed by atoms with E-state index in [2.05, 4.69) is 77.9 Å². The van der Waals surface area contributed by atoms with E-state index >= 15 is 0 Å². The van der Waals surface area contributed by atoms with Gasteiger partial charge in [-0.15, -0.1) is 8.19 Å². The predicted molar refractivity (Wildman–Crippen MR) is 88.8 cm³/mol. The van der Waals surface area contributed by atoms with Crippen molar-refractivity contribution in [2.75, 3.05) is 0 Å². The molecule has 0 N–H and O–H groups in total. The van der Waals surface area contributed by atoms with Crippen LogP contribution in [0.25, 0.3) is 11.1 Å². The lowest BCUT2D eigenvalue weighted by atomic mass is 9.88. The van der Waals surface area contributed by atoms with Gasteiger partial charge in [0.1, 0.15) is 0 Å². The summed E-state index contributed by atoms with van der Waals surface area (Å²) < 4.78 is 0. The van der Waals surface area contributed by atoms with E-state index in [4.69, 9.17) is 0 Å². The maximum absolute atomic E-state index is 2.44. The first-order valence-electron chi connectivity index (χ1n) is 6.99. The zero-order valence-corrected chi connectivity index (χ0v) is 14.0. The first-order chi connectivity index (χ1) is 8.69. The fourth-order valence-corrected chi connectivity index (χ4v) is 3.88. The first kappa shape index (κ1) is 14.4. The molecule has 1 aromatic heterocycles. The van der Waals surface area contributed by atoms with Crippen molar-refractivity contribution in [3.63, 3.8) is 0 Å². The molecule has 1 unspecified atom stereocenters. The topological polar surface area (TPSA) is 0 Å². The van der Waals surface area contributed by atoms with Crippen molar-refractivity contribution in [3.05, 3.63) is 47.0 Å². The minimum Gasteiger partial charge on any atom is -0.131 e. The maximum atomic E-state index is 2.44. The van der Waals surface area contributed by atoms with Crippen molar-refractivity contribution in [3.8, 4) is 11.1 Å². The van der Waals surface area contributed by atoms with Gasteiger partial charge in [-0.3, -0.25) is 0 Å². The second kappa shape index (κ2) is 4.84. The Morgan fingerprint density at radius 1 is 0.789 bits per heavy atom. The molecule has 1 heterocycles. The Hall–Kier alpha value is -1.000. The summed E-state index contributed by atoms with van der Waals surface area (Å²) in [5.41, 5.74) is 3.33. The fourth-order valence-electron chi connectivity index (χ4n) is 2.30. The second-order valence-electron chi connectivity index (χ2n) is 7.34. The Balaban J connectivity index is 2.63. The lowest BCUT2D eigenvalue weighted by Gasteiger charge is -2.20. The quantitative estimate of drug-likeness (QED) is 0.599. The van der Waals surface area contributed by atoms with E-state index in [9.17, 15) is 0 Å². The van der Waals surface area contributed by atoms with Crippen LogP contribution in [0.2, 0.25) is 0 Å².